The van der Waals surface area contributed by atoms with Gasteiger partial charge in [0, 0.05) is 25.1 Å². The van der Waals surface area contributed by atoms with Crippen LogP contribution >= 0.6 is 0 Å². The smallest absolute Gasteiger partial charge is 0.339 e. The third kappa shape index (κ3) is 6.45. The van der Waals surface area contributed by atoms with Crippen LogP contribution in [-0.2, 0) is 9.53 Å². The highest BCUT2D eigenvalue weighted by molar-refractivity contribution is 6.06. The zero-order valence-electron chi connectivity index (χ0n) is 35.4. The molecule has 0 spiro atoms. The SMILES string of the molecule is CC(C)OC(=O)c1ccccc1C(=O)C[C@H]1CC[C@]2(C)C3CC=C4[C@@H]5CC(C)(C)CC[C@]5(C(=O)NCCN5CCCC5)CC[C@@]4(C)[C@]3(C)CC[C@H]2C1(C)C. The van der Waals surface area contributed by atoms with Crippen LogP contribution in [0.3, 0.4) is 0 Å². The number of fused-ring (bicyclic) bond motifs is 7. The van der Waals surface area contributed by atoms with Crippen molar-refractivity contribution in [1.29, 1.82) is 0 Å². The fourth-order valence-electron chi connectivity index (χ4n) is 14.1. The van der Waals surface area contributed by atoms with E-state index in [1.165, 1.54) is 38.8 Å². The molecule has 1 unspecified atom stereocenters. The van der Waals surface area contributed by atoms with Crippen molar-refractivity contribution in [2.24, 2.45) is 56.2 Å². The van der Waals surface area contributed by atoms with E-state index in [1.807, 2.05) is 32.0 Å². The first kappa shape index (κ1) is 39.8. The summed E-state index contributed by atoms with van der Waals surface area (Å²) in [6.07, 6.45) is 16.5. The number of esters is 1. The number of nitrogens with one attached hydrogen (secondary N) is 1. The van der Waals surface area contributed by atoms with E-state index < -0.39 is 5.97 Å². The molecule has 5 aliphatic carbocycles. The molecule has 1 aliphatic heterocycles. The van der Waals surface area contributed by atoms with Crippen LogP contribution in [0.25, 0.3) is 0 Å². The Morgan fingerprint density at radius 1 is 0.852 bits per heavy atom. The van der Waals surface area contributed by atoms with Crippen LogP contribution in [0.1, 0.15) is 167 Å². The molecule has 54 heavy (non-hydrogen) atoms. The van der Waals surface area contributed by atoms with Crippen molar-refractivity contribution < 1.29 is 19.1 Å². The molecule has 5 fully saturated rings. The summed E-state index contributed by atoms with van der Waals surface area (Å²) in [5.41, 5.74) is 2.87. The van der Waals surface area contributed by atoms with Gasteiger partial charge in [0.15, 0.2) is 5.78 Å². The maximum absolute atomic E-state index is 14.5. The molecule has 298 valence electrons. The zero-order valence-corrected chi connectivity index (χ0v) is 35.4. The molecule has 7 rings (SSSR count). The molecule has 4 saturated carbocycles. The number of carbonyl (C=O) groups excluding carboxylic acids is 3. The van der Waals surface area contributed by atoms with E-state index in [9.17, 15) is 14.4 Å². The lowest BCUT2D eigenvalue weighted by Gasteiger charge is -2.71. The Hall–Kier alpha value is -2.47. The number of likely N-dealkylation sites (tertiary alicyclic amines) is 1. The maximum Gasteiger partial charge on any atom is 0.339 e. The van der Waals surface area contributed by atoms with Gasteiger partial charge in [0.05, 0.1) is 17.1 Å². The van der Waals surface area contributed by atoms with Crippen LogP contribution in [0, 0.1) is 56.2 Å². The van der Waals surface area contributed by atoms with E-state index in [0.717, 1.165) is 64.5 Å². The van der Waals surface area contributed by atoms with Gasteiger partial charge in [0.2, 0.25) is 5.91 Å². The average molecular weight is 741 g/mol. The lowest BCUT2D eigenvalue weighted by atomic mass is 9.33. The summed E-state index contributed by atoms with van der Waals surface area (Å²) in [4.78, 5) is 44.0. The van der Waals surface area contributed by atoms with Gasteiger partial charge in [0.1, 0.15) is 0 Å². The largest absolute Gasteiger partial charge is 0.459 e. The lowest BCUT2D eigenvalue weighted by molar-refractivity contribution is -0.193. The molecule has 8 atom stereocenters. The van der Waals surface area contributed by atoms with Gasteiger partial charge >= 0.3 is 5.97 Å². The molecule has 6 heteroatoms. The first-order valence-corrected chi connectivity index (χ1v) is 21.9. The van der Waals surface area contributed by atoms with Crippen LogP contribution in [0.4, 0.5) is 0 Å². The minimum atomic E-state index is -0.413. The normalized spacial score (nSPS) is 38.3. The number of ether oxygens (including phenoxy) is 1. The summed E-state index contributed by atoms with van der Waals surface area (Å²) in [5, 5.41) is 3.51. The number of hydrogen-bond donors (Lipinski definition) is 1. The molecular weight excluding hydrogens is 669 g/mol. The van der Waals surface area contributed by atoms with Gasteiger partial charge in [-0.05, 0) is 161 Å². The maximum atomic E-state index is 14.5. The highest BCUT2D eigenvalue weighted by Crippen LogP contribution is 2.76. The van der Waals surface area contributed by atoms with Crippen molar-refractivity contribution in [3.05, 3.63) is 47.0 Å². The van der Waals surface area contributed by atoms with Crippen molar-refractivity contribution in [2.45, 2.75) is 152 Å². The number of carbonyl (C=O) groups is 3. The Labute approximate surface area is 327 Å². The highest BCUT2D eigenvalue weighted by atomic mass is 16.5. The van der Waals surface area contributed by atoms with Crippen LogP contribution in [0.15, 0.2) is 35.9 Å². The van der Waals surface area contributed by atoms with Gasteiger partial charge in [-0.1, -0.05) is 78.3 Å². The molecule has 6 nitrogen and oxygen atoms in total. The third-order valence-corrected chi connectivity index (χ3v) is 17.5. The number of allylic oxidation sites excluding steroid dienone is 2. The Kier molecular flexibility index (Phi) is 10.4. The predicted octanol–water partition coefficient (Wildman–Crippen LogP) is 10.5. The second-order valence-electron chi connectivity index (χ2n) is 21.4. The van der Waals surface area contributed by atoms with Gasteiger partial charge in [-0.25, -0.2) is 4.79 Å². The summed E-state index contributed by atoms with van der Waals surface area (Å²) < 4.78 is 5.52. The Morgan fingerprint density at radius 2 is 1.54 bits per heavy atom. The molecule has 1 heterocycles. The molecule has 1 N–H and O–H groups in total. The molecular formula is C48H72N2O4. The fourth-order valence-corrected chi connectivity index (χ4v) is 14.1. The molecule has 0 aromatic heterocycles. The van der Waals surface area contributed by atoms with Gasteiger partial charge in [-0.15, -0.1) is 0 Å². The highest BCUT2D eigenvalue weighted by Gasteiger charge is 2.69. The molecule has 1 amide bonds. The van der Waals surface area contributed by atoms with Crippen molar-refractivity contribution in [2.75, 3.05) is 26.2 Å². The summed E-state index contributed by atoms with van der Waals surface area (Å²) >= 11 is 0. The topological polar surface area (TPSA) is 75.7 Å². The minimum Gasteiger partial charge on any atom is -0.459 e. The van der Waals surface area contributed by atoms with Crippen molar-refractivity contribution in [3.8, 4) is 0 Å². The number of benzene rings is 1. The number of Topliss-reactive ketones (excluding diaryl/α,β-unsaturated/α-hetero) is 1. The lowest BCUT2D eigenvalue weighted by Crippen LogP contribution is -2.65. The van der Waals surface area contributed by atoms with Crippen LogP contribution < -0.4 is 5.32 Å². The summed E-state index contributed by atoms with van der Waals surface area (Å²) in [6, 6.07) is 7.23. The van der Waals surface area contributed by atoms with Crippen molar-refractivity contribution in [1.82, 2.24) is 10.2 Å². The summed E-state index contributed by atoms with van der Waals surface area (Å²) in [5.74, 6) is 1.65. The summed E-state index contributed by atoms with van der Waals surface area (Å²) in [6.45, 7) is 25.4. The van der Waals surface area contributed by atoms with Crippen molar-refractivity contribution in [3.63, 3.8) is 0 Å². The number of amides is 1. The fraction of sp³-hybridized carbons (Fsp3) is 0.771. The van der Waals surface area contributed by atoms with Gasteiger partial charge in [0.25, 0.3) is 0 Å². The van der Waals surface area contributed by atoms with Crippen LogP contribution in [0.2, 0.25) is 0 Å². The van der Waals surface area contributed by atoms with E-state index >= 15 is 0 Å². The van der Waals surface area contributed by atoms with Gasteiger partial charge in [-0.3, -0.25) is 9.59 Å². The first-order valence-electron chi connectivity index (χ1n) is 21.9. The monoisotopic (exact) mass is 741 g/mol. The average Bonchev–Trinajstić information content (AvgIpc) is 3.63. The van der Waals surface area contributed by atoms with E-state index in [1.54, 1.807) is 11.6 Å². The number of ketones is 1. The number of nitrogens with zero attached hydrogens (tertiary/aromatic N) is 1. The quantitative estimate of drug-likeness (QED) is 0.155. The molecule has 0 bridgehead atoms. The van der Waals surface area contributed by atoms with E-state index in [2.05, 4.69) is 64.8 Å². The second-order valence-corrected chi connectivity index (χ2v) is 21.4. The minimum absolute atomic E-state index is 0.00938. The third-order valence-electron chi connectivity index (χ3n) is 17.5. The van der Waals surface area contributed by atoms with Crippen molar-refractivity contribution >= 4 is 17.7 Å². The number of hydrogen-bond acceptors (Lipinski definition) is 5. The molecule has 1 saturated heterocycles. The number of rotatable bonds is 9. The molecule has 1 aromatic rings. The molecule has 6 aliphatic rings. The van der Waals surface area contributed by atoms with Crippen LogP contribution in [0.5, 0.6) is 0 Å². The second kappa shape index (κ2) is 14.2. The van der Waals surface area contributed by atoms with E-state index in [0.29, 0.717) is 41.2 Å². The Bertz CT molecular complexity index is 1650. The molecule has 1 aromatic carbocycles. The van der Waals surface area contributed by atoms with Crippen LogP contribution in [-0.4, -0.2) is 54.8 Å². The zero-order chi connectivity index (χ0) is 38.9. The Morgan fingerprint density at radius 3 is 2.24 bits per heavy atom. The van der Waals surface area contributed by atoms with E-state index in [4.69, 9.17) is 4.74 Å². The standard InChI is InChI=1S/C48H72N2O4/c1-32(2)54-41(52)35-15-11-10-14-34(35)38(51)30-33-18-20-45(7)39(44(33,5)6)19-21-47(9)40(45)17-16-36-37-31-43(3,4)22-24-48(37,25-23-46(36,47)8)42(53)49-26-29-50-27-12-13-28-50/h10-11,14-16,32-33,37,39-40H,12-13,17-31H2,1-9H3,(H,49,53)/t33-,37+,39+,40?,45+,46-,47-,48+/m1/s1. The predicted molar refractivity (Wildman–Crippen MR) is 217 cm³/mol. The van der Waals surface area contributed by atoms with Gasteiger partial charge in [-0.2, -0.15) is 0 Å². The Balaban J connectivity index is 1.13. The van der Waals surface area contributed by atoms with E-state index in [-0.39, 0.29) is 50.3 Å². The molecule has 0 radical (unpaired) electrons. The first-order chi connectivity index (χ1) is 25.4. The van der Waals surface area contributed by atoms with Gasteiger partial charge < -0.3 is 15.0 Å². The summed E-state index contributed by atoms with van der Waals surface area (Å²) in [7, 11) is 0.